The second kappa shape index (κ2) is 6.78. The maximum atomic E-state index is 13.6. The number of nitrogens with zero attached hydrogens (tertiary/aromatic N) is 1. The fourth-order valence-corrected chi connectivity index (χ4v) is 2.57. The summed E-state index contributed by atoms with van der Waals surface area (Å²) in [5.41, 5.74) is 2.75. The fourth-order valence-electron chi connectivity index (χ4n) is 2.57. The summed E-state index contributed by atoms with van der Waals surface area (Å²) in [5.74, 6) is -1.00. The first-order valence-corrected chi connectivity index (χ1v) is 7.37. The Bertz CT molecular complexity index is 840. The van der Waals surface area contributed by atoms with E-state index in [1.54, 1.807) is 17.6 Å². The summed E-state index contributed by atoms with van der Waals surface area (Å²) in [6, 6.07) is 8.77. The maximum Gasteiger partial charge on any atom is 0.274 e. The number of rotatable bonds is 4. The predicted molar refractivity (Wildman–Crippen MR) is 85.3 cm³/mol. The third kappa shape index (κ3) is 3.24. The molecule has 130 valence electrons. The molecule has 1 aliphatic heterocycles. The molecule has 2 aromatic carbocycles. The van der Waals surface area contributed by atoms with Crippen molar-refractivity contribution >= 4 is 17.5 Å². The van der Waals surface area contributed by atoms with Gasteiger partial charge in [-0.1, -0.05) is 6.07 Å². The van der Waals surface area contributed by atoms with Crippen molar-refractivity contribution in [3.63, 3.8) is 0 Å². The van der Waals surface area contributed by atoms with Crippen LogP contribution < -0.4 is 19.9 Å². The first-order valence-electron chi connectivity index (χ1n) is 7.37. The normalized spacial score (nSPS) is 13.1. The van der Waals surface area contributed by atoms with Crippen LogP contribution in [0, 0.1) is 5.82 Å². The standard InChI is InChI=1S/C17H15FN2O5/c1-24-15-6-10(2-4-12(15)18)8-20-13-7-11(17(22)19-23)3-5-14(13)25-9-16(20)21/h2-7,23H,8-9H2,1H3,(H,19,22). The van der Waals surface area contributed by atoms with Crippen molar-refractivity contribution in [1.29, 1.82) is 0 Å². The van der Waals surface area contributed by atoms with Crippen LogP contribution in [0.15, 0.2) is 36.4 Å². The number of amides is 2. The van der Waals surface area contributed by atoms with E-state index in [0.29, 0.717) is 17.0 Å². The summed E-state index contributed by atoms with van der Waals surface area (Å²) < 4.78 is 23.9. The Balaban J connectivity index is 1.97. The number of carbonyl (C=O) groups is 2. The molecule has 3 rings (SSSR count). The van der Waals surface area contributed by atoms with E-state index in [1.165, 1.54) is 36.3 Å². The highest BCUT2D eigenvalue weighted by Gasteiger charge is 2.27. The minimum Gasteiger partial charge on any atom is -0.494 e. The number of hydroxylamine groups is 1. The molecular weight excluding hydrogens is 331 g/mol. The molecule has 0 spiro atoms. The summed E-state index contributed by atoms with van der Waals surface area (Å²) in [6.45, 7) is 0.00685. The van der Waals surface area contributed by atoms with Gasteiger partial charge >= 0.3 is 0 Å². The number of carbonyl (C=O) groups excluding carboxylic acids is 2. The highest BCUT2D eigenvalue weighted by molar-refractivity contribution is 6.01. The van der Waals surface area contributed by atoms with Crippen LogP contribution in [0.4, 0.5) is 10.1 Å². The molecule has 2 amide bonds. The second-order valence-corrected chi connectivity index (χ2v) is 5.36. The highest BCUT2D eigenvalue weighted by Crippen LogP contribution is 2.34. The Kier molecular flexibility index (Phi) is 4.53. The Morgan fingerprint density at radius 2 is 2.16 bits per heavy atom. The topological polar surface area (TPSA) is 88.1 Å². The molecule has 0 radical (unpaired) electrons. The van der Waals surface area contributed by atoms with Crippen LogP contribution >= 0.6 is 0 Å². The van der Waals surface area contributed by atoms with Crippen LogP contribution in [0.25, 0.3) is 0 Å². The Morgan fingerprint density at radius 3 is 2.88 bits per heavy atom. The van der Waals surface area contributed by atoms with Gasteiger partial charge in [0, 0.05) is 5.56 Å². The average molecular weight is 346 g/mol. The highest BCUT2D eigenvalue weighted by atomic mass is 19.1. The van der Waals surface area contributed by atoms with Crippen molar-refractivity contribution in [2.24, 2.45) is 0 Å². The van der Waals surface area contributed by atoms with Gasteiger partial charge in [0.1, 0.15) is 5.75 Å². The van der Waals surface area contributed by atoms with Gasteiger partial charge in [0.25, 0.3) is 11.8 Å². The fraction of sp³-hybridized carbons (Fsp3) is 0.176. The maximum absolute atomic E-state index is 13.6. The zero-order valence-electron chi connectivity index (χ0n) is 13.3. The molecule has 7 nitrogen and oxygen atoms in total. The zero-order valence-corrected chi connectivity index (χ0v) is 13.3. The number of ether oxygens (including phenoxy) is 2. The lowest BCUT2D eigenvalue weighted by atomic mass is 10.1. The lowest BCUT2D eigenvalue weighted by Crippen LogP contribution is -2.38. The molecule has 0 saturated carbocycles. The molecule has 2 N–H and O–H groups in total. The molecule has 0 bridgehead atoms. The van der Waals surface area contributed by atoms with Gasteiger partial charge in [0.05, 0.1) is 19.3 Å². The molecule has 25 heavy (non-hydrogen) atoms. The summed E-state index contributed by atoms with van der Waals surface area (Å²) >= 11 is 0. The SMILES string of the molecule is COc1cc(CN2C(=O)COc3ccc(C(=O)NO)cc32)ccc1F. The van der Waals surface area contributed by atoms with Crippen LogP contribution in [0.2, 0.25) is 0 Å². The van der Waals surface area contributed by atoms with Gasteiger partial charge in [-0.05, 0) is 35.9 Å². The molecule has 1 heterocycles. The van der Waals surface area contributed by atoms with Crippen molar-refractivity contribution in [1.82, 2.24) is 5.48 Å². The minimum absolute atomic E-state index is 0.0758. The Labute approximate surface area is 142 Å². The lowest BCUT2D eigenvalue weighted by molar-refractivity contribution is -0.121. The molecule has 2 aromatic rings. The second-order valence-electron chi connectivity index (χ2n) is 5.36. The van der Waals surface area contributed by atoms with E-state index in [1.807, 2.05) is 0 Å². The van der Waals surface area contributed by atoms with Gasteiger partial charge in [0.15, 0.2) is 18.2 Å². The molecule has 0 atom stereocenters. The monoisotopic (exact) mass is 346 g/mol. The van der Waals surface area contributed by atoms with Gasteiger partial charge < -0.3 is 14.4 Å². The average Bonchev–Trinajstić information content (AvgIpc) is 2.64. The number of halogens is 1. The van der Waals surface area contributed by atoms with Gasteiger partial charge in [-0.2, -0.15) is 0 Å². The van der Waals surface area contributed by atoms with Crippen LogP contribution in [0.5, 0.6) is 11.5 Å². The van der Waals surface area contributed by atoms with Crippen LogP contribution in [-0.4, -0.2) is 30.7 Å². The van der Waals surface area contributed by atoms with E-state index in [0.717, 1.165) is 0 Å². The number of nitrogens with one attached hydrogen (secondary N) is 1. The summed E-state index contributed by atoms with van der Waals surface area (Å²) in [4.78, 5) is 25.3. The Hall–Kier alpha value is -3.13. The summed E-state index contributed by atoms with van der Waals surface area (Å²) in [5, 5.41) is 8.77. The van der Waals surface area contributed by atoms with Crippen molar-refractivity contribution < 1.29 is 28.7 Å². The van der Waals surface area contributed by atoms with Crippen LogP contribution in [0.1, 0.15) is 15.9 Å². The third-order valence-corrected chi connectivity index (χ3v) is 3.82. The molecule has 8 heteroatoms. The molecule has 0 unspecified atom stereocenters. The van der Waals surface area contributed by atoms with Crippen LogP contribution in [-0.2, 0) is 11.3 Å². The third-order valence-electron chi connectivity index (χ3n) is 3.82. The van der Waals surface area contributed by atoms with Crippen molar-refractivity contribution in [3.05, 3.63) is 53.3 Å². The summed E-state index contributed by atoms with van der Waals surface area (Å²) in [6.07, 6.45) is 0. The van der Waals surface area contributed by atoms with E-state index in [9.17, 15) is 14.0 Å². The number of methoxy groups -OCH3 is 1. The summed E-state index contributed by atoms with van der Waals surface area (Å²) in [7, 11) is 1.36. The number of benzene rings is 2. The van der Waals surface area contributed by atoms with E-state index < -0.39 is 11.7 Å². The molecular formula is C17H15FN2O5. The number of hydrogen-bond acceptors (Lipinski definition) is 5. The number of hydrogen-bond donors (Lipinski definition) is 2. The van der Waals surface area contributed by atoms with Gasteiger partial charge in [0.2, 0.25) is 0 Å². The number of fused-ring (bicyclic) bond motifs is 1. The van der Waals surface area contributed by atoms with Gasteiger partial charge in [-0.25, -0.2) is 9.87 Å². The largest absolute Gasteiger partial charge is 0.494 e. The van der Waals surface area contributed by atoms with E-state index >= 15 is 0 Å². The van der Waals surface area contributed by atoms with Crippen molar-refractivity contribution in [3.8, 4) is 11.5 Å². The molecule has 0 aliphatic carbocycles. The van der Waals surface area contributed by atoms with Crippen molar-refractivity contribution in [2.45, 2.75) is 6.54 Å². The van der Waals surface area contributed by atoms with Gasteiger partial charge in [-0.15, -0.1) is 0 Å². The minimum atomic E-state index is -0.704. The molecule has 0 saturated heterocycles. The lowest BCUT2D eigenvalue weighted by Gasteiger charge is -2.30. The Morgan fingerprint density at radius 1 is 1.36 bits per heavy atom. The molecule has 0 fully saturated rings. The van der Waals surface area contributed by atoms with Crippen molar-refractivity contribution in [2.75, 3.05) is 18.6 Å². The zero-order chi connectivity index (χ0) is 18.0. The first kappa shape index (κ1) is 16.7. The van der Waals surface area contributed by atoms with E-state index in [-0.39, 0.29) is 30.4 Å². The molecule has 0 aromatic heterocycles. The molecule has 1 aliphatic rings. The predicted octanol–water partition coefficient (Wildman–Crippen LogP) is 1.88. The smallest absolute Gasteiger partial charge is 0.274 e. The van der Waals surface area contributed by atoms with Crippen LogP contribution in [0.3, 0.4) is 0 Å². The van der Waals surface area contributed by atoms with Gasteiger partial charge in [-0.3, -0.25) is 14.8 Å². The van der Waals surface area contributed by atoms with E-state index in [4.69, 9.17) is 14.7 Å². The number of anilines is 1. The first-order chi connectivity index (χ1) is 12.0. The van der Waals surface area contributed by atoms with E-state index in [2.05, 4.69) is 0 Å². The quantitative estimate of drug-likeness (QED) is 0.652.